The van der Waals surface area contributed by atoms with Crippen molar-refractivity contribution < 1.29 is 4.74 Å². The molecule has 1 heterocycles. The Morgan fingerprint density at radius 1 is 1.24 bits per heavy atom. The summed E-state index contributed by atoms with van der Waals surface area (Å²) in [5.74, 6) is 1.69. The van der Waals surface area contributed by atoms with Gasteiger partial charge < -0.3 is 15.4 Å². The van der Waals surface area contributed by atoms with Crippen molar-refractivity contribution in [3.05, 3.63) is 46.8 Å². The Balaban J connectivity index is 0.00000420. The molecule has 0 aliphatic carbocycles. The van der Waals surface area contributed by atoms with Crippen LogP contribution >= 0.6 is 24.0 Å². The molecule has 2 N–H and O–H groups in total. The number of aliphatic imine (C=N–C) groups is 1. The van der Waals surface area contributed by atoms with Crippen LogP contribution < -0.4 is 15.4 Å². The molecule has 6 nitrogen and oxygen atoms in total. The van der Waals surface area contributed by atoms with Crippen LogP contribution in [0.4, 0.5) is 0 Å². The Labute approximate surface area is 192 Å². The number of halogens is 1. The van der Waals surface area contributed by atoms with Gasteiger partial charge in [-0.05, 0) is 50.5 Å². The van der Waals surface area contributed by atoms with Crippen molar-refractivity contribution in [3.8, 4) is 5.75 Å². The molecule has 162 valence electrons. The molecule has 1 aromatic carbocycles. The second kappa shape index (κ2) is 10.8. The highest BCUT2D eigenvalue weighted by atomic mass is 127. The van der Waals surface area contributed by atoms with E-state index in [0.29, 0.717) is 0 Å². The fraction of sp³-hybridized carbons (Fsp3) is 0.545. The van der Waals surface area contributed by atoms with Crippen molar-refractivity contribution in [2.45, 2.75) is 52.5 Å². The van der Waals surface area contributed by atoms with E-state index < -0.39 is 0 Å². The van der Waals surface area contributed by atoms with Gasteiger partial charge in [-0.15, -0.1) is 24.0 Å². The molecule has 0 spiro atoms. The number of nitrogens with zero attached hydrogens (tertiary/aromatic N) is 3. The summed E-state index contributed by atoms with van der Waals surface area (Å²) in [6.07, 6.45) is 0.911. The lowest BCUT2D eigenvalue weighted by molar-refractivity contribution is 0.414. The highest BCUT2D eigenvalue weighted by molar-refractivity contribution is 14.0. The number of hydrogen-bond donors (Lipinski definition) is 2. The minimum absolute atomic E-state index is 0. The molecule has 0 saturated carbocycles. The van der Waals surface area contributed by atoms with E-state index in [0.717, 1.165) is 30.4 Å². The third-order valence-corrected chi connectivity index (χ3v) is 5.35. The van der Waals surface area contributed by atoms with E-state index in [2.05, 4.69) is 67.5 Å². The fourth-order valence-electron chi connectivity index (χ4n) is 3.35. The minimum atomic E-state index is -0.0380. The van der Waals surface area contributed by atoms with Gasteiger partial charge in [-0.2, -0.15) is 5.10 Å². The number of hydrogen-bond acceptors (Lipinski definition) is 3. The van der Waals surface area contributed by atoms with Gasteiger partial charge in [0.15, 0.2) is 5.96 Å². The summed E-state index contributed by atoms with van der Waals surface area (Å²) in [5, 5.41) is 11.5. The van der Waals surface area contributed by atoms with Gasteiger partial charge in [0.2, 0.25) is 0 Å². The highest BCUT2D eigenvalue weighted by Crippen LogP contribution is 2.24. The number of nitrogens with one attached hydrogen (secondary N) is 2. The first-order chi connectivity index (χ1) is 13.2. The number of guanidine groups is 1. The van der Waals surface area contributed by atoms with Gasteiger partial charge in [-0.25, -0.2) is 0 Å². The normalized spacial score (nSPS) is 12.9. The van der Waals surface area contributed by atoms with Crippen molar-refractivity contribution >= 4 is 29.9 Å². The molecular weight excluding hydrogens is 477 g/mol. The van der Waals surface area contributed by atoms with Gasteiger partial charge >= 0.3 is 0 Å². The third kappa shape index (κ3) is 6.62. The molecule has 0 amide bonds. The standard InChI is InChI=1S/C22H35N5O.HI/c1-15(13-20-16(2)26-27(7)17(20)3)25-21(23-6)24-14-22(4,5)18-9-11-19(28-8)12-10-18;/h9-12,15H,13-14H2,1-8H3,(H2,23,24,25);1H. The molecule has 1 atom stereocenters. The van der Waals surface area contributed by atoms with E-state index in [-0.39, 0.29) is 35.4 Å². The molecule has 0 aliphatic rings. The van der Waals surface area contributed by atoms with Gasteiger partial charge in [0.05, 0.1) is 12.8 Å². The predicted molar refractivity (Wildman–Crippen MR) is 132 cm³/mol. The Kier molecular flexibility index (Phi) is 9.45. The molecule has 29 heavy (non-hydrogen) atoms. The lowest BCUT2D eigenvalue weighted by atomic mass is 9.84. The van der Waals surface area contributed by atoms with Crippen LogP contribution in [0.1, 0.15) is 43.3 Å². The van der Waals surface area contributed by atoms with Gasteiger partial charge in [0.1, 0.15) is 5.75 Å². The number of ether oxygens (including phenoxy) is 1. The van der Waals surface area contributed by atoms with Crippen LogP contribution in [0.3, 0.4) is 0 Å². The van der Waals surface area contributed by atoms with Gasteiger partial charge in [0, 0.05) is 37.8 Å². The molecule has 0 aliphatic heterocycles. The van der Waals surface area contributed by atoms with Crippen LogP contribution in [0.25, 0.3) is 0 Å². The second-order valence-corrected chi connectivity index (χ2v) is 8.06. The van der Waals surface area contributed by atoms with Crippen molar-refractivity contribution in [1.82, 2.24) is 20.4 Å². The van der Waals surface area contributed by atoms with Crippen molar-refractivity contribution in [1.29, 1.82) is 0 Å². The summed E-state index contributed by atoms with van der Waals surface area (Å²) in [7, 11) is 5.49. The fourth-order valence-corrected chi connectivity index (χ4v) is 3.35. The number of rotatable bonds is 7. The van der Waals surface area contributed by atoms with E-state index in [9.17, 15) is 0 Å². The summed E-state index contributed by atoms with van der Waals surface area (Å²) in [5.41, 5.74) is 4.83. The van der Waals surface area contributed by atoms with E-state index >= 15 is 0 Å². The lowest BCUT2D eigenvalue weighted by Gasteiger charge is -2.28. The van der Waals surface area contributed by atoms with Crippen molar-refractivity contribution in [2.75, 3.05) is 20.7 Å². The van der Waals surface area contributed by atoms with Crippen LogP contribution in [0.15, 0.2) is 29.3 Å². The first kappa shape index (κ1) is 25.3. The van der Waals surface area contributed by atoms with Gasteiger partial charge in [0.25, 0.3) is 0 Å². The topological polar surface area (TPSA) is 63.5 Å². The molecule has 0 bridgehead atoms. The highest BCUT2D eigenvalue weighted by Gasteiger charge is 2.21. The zero-order chi connectivity index (χ0) is 20.9. The van der Waals surface area contributed by atoms with Crippen LogP contribution in [0.5, 0.6) is 5.75 Å². The summed E-state index contributed by atoms with van der Waals surface area (Å²) >= 11 is 0. The largest absolute Gasteiger partial charge is 0.497 e. The summed E-state index contributed by atoms with van der Waals surface area (Å²) < 4.78 is 7.20. The Hall–Kier alpha value is -1.77. The first-order valence-corrected chi connectivity index (χ1v) is 9.78. The summed E-state index contributed by atoms with van der Waals surface area (Å²) in [6.45, 7) is 11.6. The molecule has 0 fully saturated rings. The lowest BCUT2D eigenvalue weighted by Crippen LogP contribution is -2.47. The van der Waals surface area contributed by atoms with E-state index in [1.807, 2.05) is 30.9 Å². The smallest absolute Gasteiger partial charge is 0.191 e. The zero-order valence-corrected chi connectivity index (χ0v) is 21.3. The van der Waals surface area contributed by atoms with Crippen molar-refractivity contribution in [2.24, 2.45) is 12.0 Å². The molecule has 7 heteroatoms. The first-order valence-electron chi connectivity index (χ1n) is 9.78. The van der Waals surface area contributed by atoms with E-state index in [1.54, 1.807) is 7.11 Å². The second-order valence-electron chi connectivity index (χ2n) is 8.06. The van der Waals surface area contributed by atoms with Crippen LogP contribution in [-0.4, -0.2) is 42.5 Å². The van der Waals surface area contributed by atoms with Crippen LogP contribution in [0, 0.1) is 13.8 Å². The van der Waals surface area contributed by atoms with E-state index in [4.69, 9.17) is 4.74 Å². The molecule has 2 rings (SSSR count). The molecule has 1 aromatic heterocycles. The van der Waals surface area contributed by atoms with Crippen LogP contribution in [0.2, 0.25) is 0 Å². The Morgan fingerprint density at radius 2 is 1.86 bits per heavy atom. The Morgan fingerprint density at radius 3 is 2.34 bits per heavy atom. The van der Waals surface area contributed by atoms with Gasteiger partial charge in [-0.3, -0.25) is 9.67 Å². The predicted octanol–water partition coefficient (Wildman–Crippen LogP) is 3.74. The quantitative estimate of drug-likeness (QED) is 0.337. The third-order valence-electron chi connectivity index (χ3n) is 5.35. The number of methoxy groups -OCH3 is 1. The molecule has 1 unspecified atom stereocenters. The molecule has 2 aromatic rings. The van der Waals surface area contributed by atoms with Gasteiger partial charge in [-0.1, -0.05) is 26.0 Å². The minimum Gasteiger partial charge on any atom is -0.497 e. The monoisotopic (exact) mass is 513 g/mol. The zero-order valence-electron chi connectivity index (χ0n) is 19.0. The van der Waals surface area contributed by atoms with E-state index in [1.165, 1.54) is 16.8 Å². The Bertz CT molecular complexity index is 811. The SMILES string of the molecule is CN=C(NCC(C)(C)c1ccc(OC)cc1)NC(C)Cc1c(C)nn(C)c1C.I. The average Bonchev–Trinajstić information content (AvgIpc) is 2.91. The number of aryl methyl sites for hydroxylation is 2. The average molecular weight is 513 g/mol. The molecular formula is C22H36IN5O. The molecule has 0 saturated heterocycles. The van der Waals surface area contributed by atoms with Crippen LogP contribution in [-0.2, 0) is 18.9 Å². The maximum Gasteiger partial charge on any atom is 0.191 e. The maximum atomic E-state index is 5.26. The molecule has 0 radical (unpaired) electrons. The summed E-state index contributed by atoms with van der Waals surface area (Å²) in [6, 6.07) is 8.49. The number of benzene rings is 1. The maximum absolute atomic E-state index is 5.26. The summed E-state index contributed by atoms with van der Waals surface area (Å²) in [4.78, 5) is 4.40. The number of aromatic nitrogens is 2. The van der Waals surface area contributed by atoms with Crippen molar-refractivity contribution in [3.63, 3.8) is 0 Å².